The summed E-state index contributed by atoms with van der Waals surface area (Å²) in [5.74, 6) is 0.780. The summed E-state index contributed by atoms with van der Waals surface area (Å²) >= 11 is 7.09. The molecule has 6 heteroatoms. The Morgan fingerprint density at radius 2 is 1.70 bits per heavy atom. The number of nitrogens with zero attached hydrogens (tertiary/aromatic N) is 2. The summed E-state index contributed by atoms with van der Waals surface area (Å²) in [5, 5.41) is 7.82. The van der Waals surface area contributed by atoms with Crippen molar-refractivity contribution in [2.24, 2.45) is 0 Å². The number of halogens is 2. The van der Waals surface area contributed by atoms with Gasteiger partial charge in [-0.15, -0.1) is 0 Å². The lowest BCUT2D eigenvalue weighted by Crippen LogP contribution is -2.01. The van der Waals surface area contributed by atoms with Gasteiger partial charge in [0.05, 0.1) is 5.52 Å². The van der Waals surface area contributed by atoms with E-state index in [2.05, 4.69) is 64.6 Å². The number of benzene rings is 3. The normalized spacial score (nSPS) is 10.7. The van der Waals surface area contributed by atoms with E-state index >= 15 is 0 Å². The van der Waals surface area contributed by atoms with Crippen LogP contribution in [0.3, 0.4) is 0 Å². The Balaban J connectivity index is 1.62. The van der Waals surface area contributed by atoms with Crippen LogP contribution in [0.2, 0.25) is 0 Å². The van der Waals surface area contributed by atoms with Gasteiger partial charge in [0.25, 0.3) is 0 Å². The van der Waals surface area contributed by atoms with Crippen LogP contribution in [0, 0.1) is 0 Å². The van der Waals surface area contributed by atoms with E-state index in [1.54, 1.807) is 6.33 Å². The largest absolute Gasteiger partial charge is 0.381 e. The summed E-state index contributed by atoms with van der Waals surface area (Å²) in [4.78, 5) is 8.81. The number of fused-ring (bicyclic) bond motifs is 1. The maximum atomic E-state index is 4.43. The maximum absolute atomic E-state index is 4.43. The molecule has 4 aromatic rings. The monoisotopic (exact) mass is 482 g/mol. The van der Waals surface area contributed by atoms with Crippen LogP contribution in [0.15, 0.2) is 82.0 Å². The van der Waals surface area contributed by atoms with Crippen LogP contribution in [0.1, 0.15) is 5.56 Å². The first-order chi connectivity index (χ1) is 13.2. The average molecular weight is 484 g/mol. The lowest BCUT2D eigenvalue weighted by atomic mass is 10.2. The molecule has 0 radical (unpaired) electrons. The van der Waals surface area contributed by atoms with Crippen LogP contribution in [-0.2, 0) is 6.54 Å². The summed E-state index contributed by atoms with van der Waals surface area (Å²) in [7, 11) is 0. The van der Waals surface area contributed by atoms with Gasteiger partial charge in [-0.2, -0.15) is 0 Å². The van der Waals surface area contributed by atoms with Gasteiger partial charge < -0.3 is 10.6 Å². The Bertz CT molecular complexity index is 1100. The number of aromatic nitrogens is 2. The summed E-state index contributed by atoms with van der Waals surface area (Å²) in [6.45, 7) is 0.731. The second kappa shape index (κ2) is 8.06. The minimum absolute atomic E-state index is 0.731. The highest BCUT2D eigenvalue weighted by Gasteiger charge is 2.06. The van der Waals surface area contributed by atoms with Crippen molar-refractivity contribution in [2.45, 2.75) is 6.54 Å². The molecule has 0 unspecified atom stereocenters. The van der Waals surface area contributed by atoms with Gasteiger partial charge in [0.15, 0.2) is 0 Å². The zero-order valence-corrected chi connectivity index (χ0v) is 17.5. The lowest BCUT2D eigenvalue weighted by Gasteiger charge is -2.12. The van der Waals surface area contributed by atoms with Crippen molar-refractivity contribution >= 4 is 60.0 Å². The highest BCUT2D eigenvalue weighted by atomic mass is 79.9. The van der Waals surface area contributed by atoms with Crippen molar-refractivity contribution in [1.29, 1.82) is 0 Å². The molecule has 0 aliphatic heterocycles. The van der Waals surface area contributed by atoms with Crippen LogP contribution in [0.4, 0.5) is 17.2 Å². The van der Waals surface area contributed by atoms with Crippen LogP contribution in [0.25, 0.3) is 10.9 Å². The van der Waals surface area contributed by atoms with Gasteiger partial charge in [0, 0.05) is 32.3 Å². The number of rotatable bonds is 5. The van der Waals surface area contributed by atoms with Gasteiger partial charge in [0.1, 0.15) is 12.1 Å². The average Bonchev–Trinajstić information content (AvgIpc) is 2.68. The predicted octanol–water partition coefficient (Wildman–Crippen LogP) is 6.51. The molecule has 1 aromatic heterocycles. The van der Waals surface area contributed by atoms with Gasteiger partial charge in [-0.3, -0.25) is 0 Å². The molecular weight excluding hydrogens is 468 g/mol. The summed E-state index contributed by atoms with van der Waals surface area (Å²) in [6.07, 6.45) is 1.58. The third-order valence-electron chi connectivity index (χ3n) is 4.16. The highest BCUT2D eigenvalue weighted by Crippen LogP contribution is 2.27. The van der Waals surface area contributed by atoms with E-state index in [0.717, 1.165) is 43.6 Å². The molecule has 0 aliphatic rings. The zero-order chi connectivity index (χ0) is 18.6. The molecule has 0 bridgehead atoms. The fraction of sp³-hybridized carbons (Fsp3) is 0.0476. The van der Waals surface area contributed by atoms with Crippen molar-refractivity contribution in [1.82, 2.24) is 9.97 Å². The van der Waals surface area contributed by atoms with Gasteiger partial charge in [-0.05, 0) is 48.0 Å². The molecule has 2 N–H and O–H groups in total. The van der Waals surface area contributed by atoms with E-state index in [4.69, 9.17) is 0 Å². The summed E-state index contributed by atoms with van der Waals surface area (Å²) < 4.78 is 2.11. The molecule has 0 fully saturated rings. The van der Waals surface area contributed by atoms with Crippen molar-refractivity contribution in [3.8, 4) is 0 Å². The van der Waals surface area contributed by atoms with Gasteiger partial charge in [0.2, 0.25) is 0 Å². The first kappa shape index (κ1) is 17.9. The van der Waals surface area contributed by atoms with Crippen LogP contribution < -0.4 is 10.6 Å². The first-order valence-corrected chi connectivity index (χ1v) is 10.0. The van der Waals surface area contributed by atoms with E-state index in [9.17, 15) is 0 Å². The lowest BCUT2D eigenvalue weighted by molar-refractivity contribution is 1.14. The maximum Gasteiger partial charge on any atom is 0.141 e. The van der Waals surface area contributed by atoms with Crippen LogP contribution in [-0.4, -0.2) is 9.97 Å². The van der Waals surface area contributed by atoms with Crippen LogP contribution in [0.5, 0.6) is 0 Å². The zero-order valence-electron chi connectivity index (χ0n) is 14.3. The summed E-state index contributed by atoms with van der Waals surface area (Å²) in [5.41, 5.74) is 4.09. The van der Waals surface area contributed by atoms with Crippen molar-refractivity contribution in [2.75, 3.05) is 10.6 Å². The number of nitrogens with one attached hydrogen (secondary N) is 2. The van der Waals surface area contributed by atoms with Gasteiger partial charge >= 0.3 is 0 Å². The molecule has 1 heterocycles. The van der Waals surface area contributed by atoms with Crippen molar-refractivity contribution in [3.05, 3.63) is 87.6 Å². The quantitative estimate of drug-likeness (QED) is 0.339. The molecule has 4 rings (SSSR count). The minimum atomic E-state index is 0.731. The Hall–Kier alpha value is -2.44. The van der Waals surface area contributed by atoms with Gasteiger partial charge in [-0.25, -0.2) is 9.97 Å². The topological polar surface area (TPSA) is 49.8 Å². The third-order valence-corrected chi connectivity index (χ3v) is 5.43. The number of hydrogen-bond acceptors (Lipinski definition) is 4. The molecule has 0 aliphatic carbocycles. The second-order valence-corrected chi connectivity index (χ2v) is 7.80. The molecule has 27 heavy (non-hydrogen) atoms. The smallest absolute Gasteiger partial charge is 0.141 e. The molecule has 134 valence electrons. The standard InChI is InChI=1S/C21H16Br2N4/c22-15-5-3-6-17(10-15)27-21-18-11-16(8-9-20(18)25-13-26-21)24-12-14-4-1-2-7-19(14)23/h1-11,13,24H,12H2,(H,25,26,27). The molecule has 3 aromatic carbocycles. The Kier molecular flexibility index (Phi) is 5.36. The molecular formula is C21H16Br2N4. The SMILES string of the molecule is Brc1cccc(Nc2ncnc3ccc(NCc4ccccc4Br)cc23)c1. The van der Waals surface area contributed by atoms with E-state index in [0.29, 0.717) is 0 Å². The van der Waals surface area contributed by atoms with Gasteiger partial charge in [-0.1, -0.05) is 56.1 Å². The van der Waals surface area contributed by atoms with E-state index in [1.807, 2.05) is 54.6 Å². The fourth-order valence-corrected chi connectivity index (χ4v) is 3.63. The second-order valence-electron chi connectivity index (χ2n) is 6.03. The fourth-order valence-electron chi connectivity index (χ4n) is 2.81. The van der Waals surface area contributed by atoms with E-state index < -0.39 is 0 Å². The van der Waals surface area contributed by atoms with E-state index in [1.165, 1.54) is 5.56 Å². The first-order valence-electron chi connectivity index (χ1n) is 8.44. The Labute approximate surface area is 174 Å². The van der Waals surface area contributed by atoms with Crippen molar-refractivity contribution < 1.29 is 0 Å². The molecule has 0 spiro atoms. The van der Waals surface area contributed by atoms with Crippen LogP contribution >= 0.6 is 31.9 Å². The number of hydrogen-bond donors (Lipinski definition) is 2. The molecule has 4 nitrogen and oxygen atoms in total. The minimum Gasteiger partial charge on any atom is -0.381 e. The summed E-state index contributed by atoms with van der Waals surface area (Å²) in [6, 6.07) is 22.3. The predicted molar refractivity (Wildman–Crippen MR) is 118 cm³/mol. The Morgan fingerprint density at radius 1 is 0.815 bits per heavy atom. The molecule has 0 atom stereocenters. The molecule has 0 amide bonds. The third kappa shape index (κ3) is 4.28. The highest BCUT2D eigenvalue weighted by molar-refractivity contribution is 9.10. The number of anilines is 3. The van der Waals surface area contributed by atoms with E-state index in [-0.39, 0.29) is 0 Å². The van der Waals surface area contributed by atoms with Crippen molar-refractivity contribution in [3.63, 3.8) is 0 Å². The molecule has 0 saturated carbocycles. The molecule has 0 saturated heterocycles. The Morgan fingerprint density at radius 3 is 2.56 bits per heavy atom.